The summed E-state index contributed by atoms with van der Waals surface area (Å²) >= 11 is 0. The highest BCUT2D eigenvalue weighted by molar-refractivity contribution is 5.95. The van der Waals surface area contributed by atoms with Crippen LogP contribution in [0.3, 0.4) is 0 Å². The Hall–Kier alpha value is -3.15. The molecule has 1 aromatic heterocycles. The van der Waals surface area contributed by atoms with Gasteiger partial charge in [0.1, 0.15) is 5.75 Å². The van der Waals surface area contributed by atoms with Crippen molar-refractivity contribution in [1.82, 2.24) is 4.98 Å². The van der Waals surface area contributed by atoms with Gasteiger partial charge in [0.2, 0.25) is 0 Å². The van der Waals surface area contributed by atoms with Crippen molar-refractivity contribution in [3.8, 4) is 28.5 Å². The number of aromatic amines is 1. The summed E-state index contributed by atoms with van der Waals surface area (Å²) in [5, 5.41) is 10.2. The molecule has 2 aromatic carbocycles. The molecule has 0 unspecified atom stereocenters. The number of carboxylic acid groups (broad SMARTS) is 1. The minimum atomic E-state index is -0.910. The van der Waals surface area contributed by atoms with E-state index in [1.54, 1.807) is 27.4 Å². The predicted octanol–water partition coefficient (Wildman–Crippen LogP) is 3.49. The van der Waals surface area contributed by atoms with Crippen LogP contribution >= 0.6 is 0 Å². The summed E-state index contributed by atoms with van der Waals surface area (Å²) in [7, 11) is 4.70. The van der Waals surface area contributed by atoms with Crippen molar-refractivity contribution in [2.24, 2.45) is 0 Å². The highest BCUT2D eigenvalue weighted by Crippen LogP contribution is 2.41. The zero-order valence-electron chi connectivity index (χ0n) is 14.3. The van der Waals surface area contributed by atoms with Gasteiger partial charge in [-0.2, -0.15) is 0 Å². The van der Waals surface area contributed by atoms with E-state index < -0.39 is 5.97 Å². The Labute approximate surface area is 145 Å². The van der Waals surface area contributed by atoms with Crippen molar-refractivity contribution in [1.29, 1.82) is 0 Å². The number of carboxylic acids is 1. The summed E-state index contributed by atoms with van der Waals surface area (Å²) in [6.45, 7) is 0. The maximum Gasteiger partial charge on any atom is 0.307 e. The predicted molar refractivity (Wildman–Crippen MR) is 94.7 cm³/mol. The molecule has 3 rings (SSSR count). The first-order valence-corrected chi connectivity index (χ1v) is 7.70. The Morgan fingerprint density at radius 2 is 1.88 bits per heavy atom. The van der Waals surface area contributed by atoms with Gasteiger partial charge in [-0.05, 0) is 35.9 Å². The molecule has 2 N–H and O–H groups in total. The Kier molecular flexibility index (Phi) is 4.52. The number of hydrogen-bond acceptors (Lipinski definition) is 4. The lowest BCUT2D eigenvalue weighted by Crippen LogP contribution is -2.02. The van der Waals surface area contributed by atoms with Crippen molar-refractivity contribution in [3.63, 3.8) is 0 Å². The van der Waals surface area contributed by atoms with E-state index in [0.717, 1.165) is 16.5 Å². The van der Waals surface area contributed by atoms with E-state index in [0.29, 0.717) is 28.5 Å². The van der Waals surface area contributed by atoms with E-state index in [1.807, 2.05) is 30.3 Å². The second-order valence-electron chi connectivity index (χ2n) is 5.50. The first kappa shape index (κ1) is 16.7. The molecule has 0 aliphatic heterocycles. The zero-order chi connectivity index (χ0) is 18.0. The average molecular weight is 341 g/mol. The van der Waals surface area contributed by atoms with Gasteiger partial charge in [-0.25, -0.2) is 0 Å². The van der Waals surface area contributed by atoms with Crippen LogP contribution < -0.4 is 14.2 Å². The minimum absolute atomic E-state index is 0.122. The smallest absolute Gasteiger partial charge is 0.307 e. The molecule has 0 aliphatic rings. The van der Waals surface area contributed by atoms with Gasteiger partial charge in [-0.3, -0.25) is 4.79 Å². The number of hydrogen-bond donors (Lipinski definition) is 2. The first-order valence-electron chi connectivity index (χ1n) is 7.70. The summed E-state index contributed by atoms with van der Waals surface area (Å²) in [5.41, 5.74) is 2.94. The van der Waals surface area contributed by atoms with Crippen LogP contribution in [0.1, 0.15) is 5.56 Å². The lowest BCUT2D eigenvalue weighted by Gasteiger charge is -2.13. The number of ether oxygens (including phenoxy) is 3. The summed E-state index contributed by atoms with van der Waals surface area (Å²) < 4.78 is 16.1. The summed E-state index contributed by atoms with van der Waals surface area (Å²) in [4.78, 5) is 14.7. The third kappa shape index (κ3) is 2.98. The molecule has 0 fully saturated rings. The van der Waals surface area contributed by atoms with E-state index >= 15 is 0 Å². The standard InChI is InChI=1S/C19H19NO5/c1-23-11-7-8-15-13(9-11)14(10-17(21)22)18(20-15)12-5-4-6-16(24-2)19(12)25-3/h4-9,20H,10H2,1-3H3,(H,21,22). The van der Waals surface area contributed by atoms with Crippen LogP contribution in [0, 0.1) is 0 Å². The topological polar surface area (TPSA) is 80.8 Å². The molecule has 3 aromatic rings. The van der Waals surface area contributed by atoms with E-state index in [-0.39, 0.29) is 6.42 Å². The van der Waals surface area contributed by atoms with Crippen LogP contribution in [0.15, 0.2) is 36.4 Å². The number of carbonyl (C=O) groups is 1. The number of para-hydroxylation sites is 1. The second-order valence-corrected chi connectivity index (χ2v) is 5.50. The summed E-state index contributed by atoms with van der Waals surface area (Å²) in [5.74, 6) is 0.891. The maximum atomic E-state index is 11.4. The quantitative estimate of drug-likeness (QED) is 0.717. The molecule has 0 saturated heterocycles. The fraction of sp³-hybridized carbons (Fsp3) is 0.211. The lowest BCUT2D eigenvalue weighted by atomic mass is 10.0. The molecule has 1 heterocycles. The summed E-state index contributed by atoms with van der Waals surface area (Å²) in [6.07, 6.45) is -0.122. The molecule has 0 spiro atoms. The molecule has 6 heteroatoms. The van der Waals surface area contributed by atoms with Crippen LogP contribution in [-0.4, -0.2) is 37.4 Å². The zero-order valence-corrected chi connectivity index (χ0v) is 14.3. The van der Waals surface area contributed by atoms with Crippen LogP contribution in [0.4, 0.5) is 0 Å². The monoisotopic (exact) mass is 341 g/mol. The maximum absolute atomic E-state index is 11.4. The highest BCUT2D eigenvalue weighted by atomic mass is 16.5. The molecule has 0 bridgehead atoms. The van der Waals surface area contributed by atoms with Gasteiger partial charge in [-0.15, -0.1) is 0 Å². The SMILES string of the molecule is COc1ccc2[nH]c(-c3cccc(OC)c3OC)c(CC(=O)O)c2c1. The summed E-state index contributed by atoms with van der Waals surface area (Å²) in [6, 6.07) is 11.0. The minimum Gasteiger partial charge on any atom is -0.497 e. The molecule has 0 atom stereocenters. The number of rotatable bonds is 6. The van der Waals surface area contributed by atoms with Crippen LogP contribution in [0.5, 0.6) is 17.2 Å². The van der Waals surface area contributed by atoms with E-state index in [1.165, 1.54) is 0 Å². The van der Waals surface area contributed by atoms with Gasteiger partial charge < -0.3 is 24.3 Å². The molecule has 0 aliphatic carbocycles. The number of aromatic nitrogens is 1. The third-order valence-electron chi connectivity index (χ3n) is 4.11. The Morgan fingerprint density at radius 3 is 2.52 bits per heavy atom. The molecule has 130 valence electrons. The number of nitrogens with one attached hydrogen (secondary N) is 1. The number of aliphatic carboxylic acids is 1. The first-order chi connectivity index (χ1) is 12.1. The number of methoxy groups -OCH3 is 3. The van der Waals surface area contributed by atoms with E-state index in [2.05, 4.69) is 4.98 Å². The molecule has 0 amide bonds. The Balaban J connectivity index is 2.30. The van der Waals surface area contributed by atoms with Crippen molar-refractivity contribution in [3.05, 3.63) is 42.0 Å². The molecular formula is C19H19NO5. The van der Waals surface area contributed by atoms with Crippen molar-refractivity contribution >= 4 is 16.9 Å². The Bertz CT molecular complexity index is 929. The molecule has 0 saturated carbocycles. The van der Waals surface area contributed by atoms with Gasteiger partial charge in [0.05, 0.1) is 33.4 Å². The van der Waals surface area contributed by atoms with Crippen LogP contribution in [-0.2, 0) is 11.2 Å². The largest absolute Gasteiger partial charge is 0.497 e. The van der Waals surface area contributed by atoms with Gasteiger partial charge >= 0.3 is 5.97 Å². The van der Waals surface area contributed by atoms with Crippen molar-refractivity contribution < 1.29 is 24.1 Å². The molecule has 0 radical (unpaired) electrons. The fourth-order valence-corrected chi connectivity index (χ4v) is 3.00. The van der Waals surface area contributed by atoms with Gasteiger partial charge in [0.25, 0.3) is 0 Å². The van der Waals surface area contributed by atoms with Gasteiger partial charge in [0, 0.05) is 16.5 Å². The van der Waals surface area contributed by atoms with Crippen molar-refractivity contribution in [2.45, 2.75) is 6.42 Å². The number of H-pyrrole nitrogens is 1. The molecular weight excluding hydrogens is 322 g/mol. The van der Waals surface area contributed by atoms with Crippen LogP contribution in [0.25, 0.3) is 22.2 Å². The Morgan fingerprint density at radius 1 is 1.08 bits per heavy atom. The van der Waals surface area contributed by atoms with Gasteiger partial charge in [-0.1, -0.05) is 6.07 Å². The lowest BCUT2D eigenvalue weighted by molar-refractivity contribution is -0.136. The van der Waals surface area contributed by atoms with Crippen LogP contribution in [0.2, 0.25) is 0 Å². The third-order valence-corrected chi connectivity index (χ3v) is 4.11. The fourth-order valence-electron chi connectivity index (χ4n) is 3.00. The number of benzene rings is 2. The van der Waals surface area contributed by atoms with Gasteiger partial charge in [0.15, 0.2) is 11.5 Å². The normalized spacial score (nSPS) is 10.7. The number of fused-ring (bicyclic) bond motifs is 1. The molecule has 25 heavy (non-hydrogen) atoms. The second kappa shape index (κ2) is 6.76. The van der Waals surface area contributed by atoms with E-state index in [9.17, 15) is 9.90 Å². The highest BCUT2D eigenvalue weighted by Gasteiger charge is 2.20. The molecule has 6 nitrogen and oxygen atoms in total. The van der Waals surface area contributed by atoms with Crippen molar-refractivity contribution in [2.75, 3.05) is 21.3 Å². The average Bonchev–Trinajstić information content (AvgIpc) is 2.97. The van der Waals surface area contributed by atoms with E-state index in [4.69, 9.17) is 14.2 Å².